The quantitative estimate of drug-likeness (QED) is 0.911. The Hall–Kier alpha value is -2.48. The molecule has 5 nitrogen and oxygen atoms in total. The molecule has 1 N–H and O–H groups in total. The number of oxazole rings is 1. The van der Waals surface area contributed by atoms with E-state index in [0.29, 0.717) is 29.4 Å². The van der Waals surface area contributed by atoms with Gasteiger partial charge in [-0.3, -0.25) is 0 Å². The molecule has 0 atom stereocenters. The molecule has 5 heteroatoms. The molecule has 19 heavy (non-hydrogen) atoms. The second-order valence-corrected chi connectivity index (χ2v) is 4.10. The molecule has 98 valence electrons. The van der Waals surface area contributed by atoms with Gasteiger partial charge in [0.05, 0.1) is 30.6 Å². The summed E-state index contributed by atoms with van der Waals surface area (Å²) in [4.78, 5) is 4.28. The second kappa shape index (κ2) is 5.44. The Bertz CT molecular complexity index is 607. The number of aromatic nitrogens is 1. The van der Waals surface area contributed by atoms with E-state index in [1.807, 2.05) is 13.8 Å². The summed E-state index contributed by atoms with van der Waals surface area (Å²) in [6.45, 7) is 4.17. The Balaban J connectivity index is 2.21. The zero-order chi connectivity index (χ0) is 13.8. The van der Waals surface area contributed by atoms with Crippen molar-refractivity contribution in [2.75, 3.05) is 12.4 Å². The maximum absolute atomic E-state index is 9.10. The number of anilines is 1. The van der Waals surface area contributed by atoms with Gasteiger partial charge in [-0.05, 0) is 26.0 Å². The monoisotopic (exact) mass is 257 g/mol. The van der Waals surface area contributed by atoms with Gasteiger partial charge in [0.25, 0.3) is 0 Å². The van der Waals surface area contributed by atoms with E-state index in [4.69, 9.17) is 14.4 Å². The number of hydrogen-bond donors (Lipinski definition) is 1. The molecule has 0 unspecified atom stereocenters. The number of benzene rings is 1. The molecule has 0 bridgehead atoms. The summed E-state index contributed by atoms with van der Waals surface area (Å²) in [5.74, 6) is 2.01. The van der Waals surface area contributed by atoms with E-state index in [2.05, 4.69) is 16.4 Å². The van der Waals surface area contributed by atoms with E-state index in [0.717, 1.165) is 11.5 Å². The predicted octanol–water partition coefficient (Wildman–Crippen LogP) is 2.78. The van der Waals surface area contributed by atoms with Crippen LogP contribution in [0.4, 0.5) is 5.69 Å². The highest BCUT2D eigenvalue weighted by Crippen LogP contribution is 2.28. The van der Waals surface area contributed by atoms with Crippen LogP contribution in [0.15, 0.2) is 22.6 Å². The number of aryl methyl sites for hydroxylation is 2. The van der Waals surface area contributed by atoms with Gasteiger partial charge in [-0.1, -0.05) is 6.07 Å². The molecule has 0 radical (unpaired) electrons. The van der Waals surface area contributed by atoms with E-state index in [-0.39, 0.29) is 0 Å². The highest BCUT2D eigenvalue weighted by atomic mass is 16.5. The van der Waals surface area contributed by atoms with Gasteiger partial charge in [0, 0.05) is 0 Å². The molecule has 0 aliphatic rings. The number of nitriles is 1. The van der Waals surface area contributed by atoms with Gasteiger partial charge < -0.3 is 14.5 Å². The van der Waals surface area contributed by atoms with Crippen molar-refractivity contribution in [1.82, 2.24) is 4.98 Å². The molecular formula is C14H15N3O2. The summed E-state index contributed by atoms with van der Waals surface area (Å²) in [6, 6.07) is 7.44. The van der Waals surface area contributed by atoms with E-state index in [1.165, 1.54) is 0 Å². The van der Waals surface area contributed by atoms with Crippen molar-refractivity contribution < 1.29 is 9.15 Å². The molecule has 0 spiro atoms. The third-order valence-electron chi connectivity index (χ3n) is 2.86. The molecule has 1 heterocycles. The lowest BCUT2D eigenvalue weighted by atomic mass is 10.2. The molecule has 1 aromatic heterocycles. The zero-order valence-corrected chi connectivity index (χ0v) is 11.2. The molecule has 2 aromatic rings. The van der Waals surface area contributed by atoms with Crippen molar-refractivity contribution in [3.05, 3.63) is 41.1 Å². The smallest absolute Gasteiger partial charge is 0.213 e. The lowest BCUT2D eigenvalue weighted by molar-refractivity contribution is 0.416. The molecule has 0 saturated carbocycles. The van der Waals surface area contributed by atoms with E-state index >= 15 is 0 Å². The fraction of sp³-hybridized carbons (Fsp3) is 0.286. The largest absolute Gasteiger partial charge is 0.495 e. The lowest BCUT2D eigenvalue weighted by Gasteiger charge is -2.11. The third-order valence-corrected chi connectivity index (χ3v) is 2.86. The first-order valence-electron chi connectivity index (χ1n) is 5.89. The van der Waals surface area contributed by atoms with Crippen molar-refractivity contribution in [3.8, 4) is 11.8 Å². The minimum absolute atomic E-state index is 0.406. The van der Waals surface area contributed by atoms with Crippen LogP contribution in [0, 0.1) is 25.2 Å². The standard InChI is InChI=1S/C14H15N3O2/c1-9-10(2)19-13(17-9)8-16-14-11(7-15)5-4-6-12(14)18-3/h4-6,16H,8H2,1-3H3. The van der Waals surface area contributed by atoms with Crippen LogP contribution in [0.1, 0.15) is 22.9 Å². The van der Waals surface area contributed by atoms with E-state index < -0.39 is 0 Å². The molecule has 2 rings (SSSR count). The number of para-hydroxylation sites is 1. The zero-order valence-electron chi connectivity index (χ0n) is 11.2. The SMILES string of the molecule is COc1cccc(C#N)c1NCc1nc(C)c(C)o1. The summed E-state index contributed by atoms with van der Waals surface area (Å²) in [7, 11) is 1.57. The van der Waals surface area contributed by atoms with Crippen molar-refractivity contribution in [2.45, 2.75) is 20.4 Å². The van der Waals surface area contributed by atoms with Crippen LogP contribution in [0.3, 0.4) is 0 Å². The van der Waals surface area contributed by atoms with Gasteiger partial charge in [0.2, 0.25) is 5.89 Å². The van der Waals surface area contributed by atoms with Crippen LogP contribution in [0.5, 0.6) is 5.75 Å². The van der Waals surface area contributed by atoms with Gasteiger partial charge >= 0.3 is 0 Å². The van der Waals surface area contributed by atoms with Crippen molar-refractivity contribution in [2.24, 2.45) is 0 Å². The molecule has 0 saturated heterocycles. The third kappa shape index (κ3) is 2.68. The van der Waals surface area contributed by atoms with Crippen LogP contribution in [-0.2, 0) is 6.54 Å². The van der Waals surface area contributed by atoms with Crippen LogP contribution >= 0.6 is 0 Å². The maximum Gasteiger partial charge on any atom is 0.213 e. The molecule has 0 amide bonds. The normalized spacial score (nSPS) is 10.0. The van der Waals surface area contributed by atoms with Gasteiger partial charge in [0.15, 0.2) is 0 Å². The van der Waals surface area contributed by atoms with Crippen molar-refractivity contribution in [1.29, 1.82) is 5.26 Å². The van der Waals surface area contributed by atoms with Crippen LogP contribution in [0.2, 0.25) is 0 Å². The Morgan fingerprint density at radius 3 is 2.79 bits per heavy atom. The Morgan fingerprint density at radius 1 is 1.42 bits per heavy atom. The number of hydrogen-bond acceptors (Lipinski definition) is 5. The maximum atomic E-state index is 9.10. The second-order valence-electron chi connectivity index (χ2n) is 4.10. The Labute approximate surface area is 111 Å². The van der Waals surface area contributed by atoms with Crippen molar-refractivity contribution in [3.63, 3.8) is 0 Å². The Morgan fingerprint density at radius 2 is 2.21 bits per heavy atom. The molecule has 0 fully saturated rings. The predicted molar refractivity (Wildman–Crippen MR) is 71.0 cm³/mol. The summed E-state index contributed by atoms with van der Waals surface area (Å²) < 4.78 is 10.7. The Kier molecular flexibility index (Phi) is 3.71. The van der Waals surface area contributed by atoms with E-state index in [9.17, 15) is 0 Å². The minimum atomic E-state index is 0.406. The highest BCUT2D eigenvalue weighted by Gasteiger charge is 2.10. The average molecular weight is 257 g/mol. The summed E-state index contributed by atoms with van der Waals surface area (Å²) >= 11 is 0. The first-order chi connectivity index (χ1) is 9.15. The first-order valence-corrected chi connectivity index (χ1v) is 5.89. The summed E-state index contributed by atoms with van der Waals surface area (Å²) in [6.07, 6.45) is 0. The van der Waals surface area contributed by atoms with Crippen molar-refractivity contribution >= 4 is 5.69 Å². The fourth-order valence-corrected chi connectivity index (χ4v) is 1.76. The van der Waals surface area contributed by atoms with Crippen LogP contribution in [-0.4, -0.2) is 12.1 Å². The number of nitrogens with one attached hydrogen (secondary N) is 1. The minimum Gasteiger partial charge on any atom is -0.495 e. The summed E-state index contributed by atoms with van der Waals surface area (Å²) in [5, 5.41) is 12.2. The molecule has 1 aromatic carbocycles. The summed E-state index contributed by atoms with van der Waals surface area (Å²) in [5.41, 5.74) is 2.05. The lowest BCUT2D eigenvalue weighted by Crippen LogP contribution is -2.03. The van der Waals surface area contributed by atoms with Crippen LogP contribution in [0.25, 0.3) is 0 Å². The molecule has 0 aliphatic carbocycles. The topological polar surface area (TPSA) is 71.1 Å². The molecular weight excluding hydrogens is 242 g/mol. The van der Waals surface area contributed by atoms with Gasteiger partial charge in [-0.15, -0.1) is 0 Å². The van der Waals surface area contributed by atoms with Gasteiger partial charge in [-0.25, -0.2) is 4.98 Å². The first kappa shape index (κ1) is 13.0. The highest BCUT2D eigenvalue weighted by molar-refractivity contribution is 5.66. The number of methoxy groups -OCH3 is 1. The number of rotatable bonds is 4. The number of ether oxygens (including phenoxy) is 1. The van der Waals surface area contributed by atoms with Crippen LogP contribution < -0.4 is 10.1 Å². The van der Waals surface area contributed by atoms with Gasteiger partial charge in [-0.2, -0.15) is 5.26 Å². The van der Waals surface area contributed by atoms with Gasteiger partial charge in [0.1, 0.15) is 17.6 Å². The fourth-order valence-electron chi connectivity index (χ4n) is 1.76. The van der Waals surface area contributed by atoms with E-state index in [1.54, 1.807) is 25.3 Å². The molecule has 0 aliphatic heterocycles. The average Bonchev–Trinajstić information content (AvgIpc) is 2.75. The number of nitrogens with zero attached hydrogens (tertiary/aromatic N) is 2.